The molecule has 6 nitrogen and oxygen atoms in total. The zero-order valence-electron chi connectivity index (χ0n) is 17.5. The fourth-order valence-corrected chi connectivity index (χ4v) is 4.38. The molecule has 3 aromatic rings. The van der Waals surface area contributed by atoms with Crippen LogP contribution in [0.4, 0.5) is 37.7 Å². The van der Waals surface area contributed by atoms with E-state index in [2.05, 4.69) is 10.1 Å². The highest BCUT2D eigenvalue weighted by Crippen LogP contribution is 2.33. The van der Waals surface area contributed by atoms with Gasteiger partial charge in [0.05, 0.1) is 16.1 Å². The van der Waals surface area contributed by atoms with Gasteiger partial charge < -0.3 is 10.1 Å². The van der Waals surface area contributed by atoms with Crippen molar-refractivity contribution in [3.05, 3.63) is 84.4 Å². The van der Waals surface area contributed by atoms with Gasteiger partial charge in [-0.25, -0.2) is 8.42 Å². The predicted octanol–water partition coefficient (Wildman–Crippen LogP) is 5.44. The van der Waals surface area contributed by atoms with Crippen LogP contribution in [-0.2, 0) is 21.0 Å². The van der Waals surface area contributed by atoms with Crippen molar-refractivity contribution in [2.24, 2.45) is 0 Å². The summed E-state index contributed by atoms with van der Waals surface area (Å²) in [4.78, 5) is 12.4. The van der Waals surface area contributed by atoms with Crippen molar-refractivity contribution < 1.29 is 44.3 Å². The van der Waals surface area contributed by atoms with Gasteiger partial charge in [0.25, 0.3) is 10.0 Å². The number of halogens is 6. The van der Waals surface area contributed by atoms with Crippen LogP contribution in [0.3, 0.4) is 0 Å². The fraction of sp³-hybridized carbons (Fsp3) is 0.136. The average molecular weight is 518 g/mol. The highest BCUT2D eigenvalue weighted by molar-refractivity contribution is 7.92. The first kappa shape index (κ1) is 25.9. The molecule has 1 N–H and O–H groups in total. The van der Waals surface area contributed by atoms with Crippen LogP contribution >= 0.6 is 0 Å². The molecule has 3 aromatic carbocycles. The Bertz CT molecular complexity index is 1280. The van der Waals surface area contributed by atoms with Crippen LogP contribution in [0.5, 0.6) is 5.75 Å². The SMILES string of the molecule is O=C(CN(c1cccc(C(F)(F)F)c1)S(=O)(=O)c1ccccc1)Nc1ccc(OC(F)(F)F)cc1. The summed E-state index contributed by atoms with van der Waals surface area (Å²) in [6, 6.07) is 14.2. The molecule has 186 valence electrons. The molecule has 0 radical (unpaired) electrons. The summed E-state index contributed by atoms with van der Waals surface area (Å²) in [7, 11) is -4.47. The summed E-state index contributed by atoms with van der Waals surface area (Å²) in [6.45, 7) is -0.917. The second-order valence-corrected chi connectivity index (χ2v) is 8.86. The molecular weight excluding hydrogens is 502 g/mol. The Kier molecular flexibility index (Phi) is 7.29. The minimum atomic E-state index is -4.91. The van der Waals surface area contributed by atoms with Crippen molar-refractivity contribution in [1.82, 2.24) is 0 Å². The Morgan fingerprint density at radius 1 is 0.857 bits per heavy atom. The van der Waals surface area contributed by atoms with E-state index in [1.807, 2.05) is 0 Å². The molecule has 0 saturated carbocycles. The Labute approximate surface area is 195 Å². The summed E-state index contributed by atoms with van der Waals surface area (Å²) < 4.78 is 107. The van der Waals surface area contributed by atoms with Crippen LogP contribution in [-0.4, -0.2) is 27.2 Å². The molecule has 0 atom stereocenters. The van der Waals surface area contributed by atoms with Gasteiger partial charge in [0, 0.05) is 5.69 Å². The standard InChI is InChI=1S/C22H16F6N2O4S/c23-21(24,25)15-5-4-6-17(13-15)30(35(32,33)19-7-2-1-3-8-19)14-20(31)29-16-9-11-18(12-10-16)34-22(26,27)28/h1-13H,14H2,(H,29,31). The topological polar surface area (TPSA) is 75.7 Å². The lowest BCUT2D eigenvalue weighted by Crippen LogP contribution is -2.38. The van der Waals surface area contributed by atoms with Crippen LogP contribution in [0.15, 0.2) is 83.8 Å². The third-order valence-electron chi connectivity index (χ3n) is 4.45. The molecular formula is C22H16F6N2O4S. The summed E-state index contributed by atoms with van der Waals surface area (Å²) in [5.74, 6) is -1.50. The van der Waals surface area contributed by atoms with Gasteiger partial charge in [0.2, 0.25) is 5.91 Å². The van der Waals surface area contributed by atoms with E-state index in [1.165, 1.54) is 30.3 Å². The third-order valence-corrected chi connectivity index (χ3v) is 6.24. The van der Waals surface area contributed by atoms with E-state index in [9.17, 15) is 39.6 Å². The van der Waals surface area contributed by atoms with Gasteiger partial charge >= 0.3 is 12.5 Å². The number of nitrogens with zero attached hydrogens (tertiary/aromatic N) is 1. The molecule has 0 fully saturated rings. The lowest BCUT2D eigenvalue weighted by molar-refractivity contribution is -0.274. The largest absolute Gasteiger partial charge is 0.573 e. The number of carbonyl (C=O) groups excluding carboxylic acids is 1. The van der Waals surface area contributed by atoms with Crippen LogP contribution < -0.4 is 14.4 Å². The molecule has 13 heteroatoms. The number of rotatable bonds is 7. The number of amides is 1. The Balaban J connectivity index is 1.90. The molecule has 3 rings (SSSR count). The Morgan fingerprint density at radius 2 is 1.49 bits per heavy atom. The van der Waals surface area contributed by atoms with E-state index in [0.29, 0.717) is 10.4 Å². The molecule has 0 aromatic heterocycles. The number of anilines is 2. The molecule has 0 heterocycles. The van der Waals surface area contributed by atoms with E-state index in [4.69, 9.17) is 0 Å². The smallest absolute Gasteiger partial charge is 0.406 e. The summed E-state index contributed by atoms with van der Waals surface area (Å²) >= 11 is 0. The van der Waals surface area contributed by atoms with Crippen molar-refractivity contribution in [1.29, 1.82) is 0 Å². The maximum Gasteiger partial charge on any atom is 0.573 e. The number of sulfonamides is 1. The quantitative estimate of drug-likeness (QED) is 0.423. The Hall–Kier alpha value is -3.74. The lowest BCUT2D eigenvalue weighted by Gasteiger charge is -2.25. The van der Waals surface area contributed by atoms with E-state index >= 15 is 0 Å². The van der Waals surface area contributed by atoms with Gasteiger partial charge in [-0.2, -0.15) is 13.2 Å². The number of carbonyl (C=O) groups is 1. The molecule has 0 saturated heterocycles. The van der Waals surface area contributed by atoms with Gasteiger partial charge in [-0.15, -0.1) is 13.2 Å². The molecule has 0 unspecified atom stereocenters. The van der Waals surface area contributed by atoms with Crippen LogP contribution in [0.1, 0.15) is 5.56 Å². The first-order valence-electron chi connectivity index (χ1n) is 9.66. The van der Waals surface area contributed by atoms with Crippen molar-refractivity contribution in [3.63, 3.8) is 0 Å². The number of ether oxygens (including phenoxy) is 1. The van der Waals surface area contributed by atoms with E-state index in [0.717, 1.165) is 42.5 Å². The van der Waals surface area contributed by atoms with Gasteiger partial charge in [0.1, 0.15) is 12.3 Å². The van der Waals surface area contributed by atoms with Gasteiger partial charge in [-0.05, 0) is 54.6 Å². The highest BCUT2D eigenvalue weighted by Gasteiger charge is 2.33. The first-order valence-corrected chi connectivity index (χ1v) is 11.1. The molecule has 35 heavy (non-hydrogen) atoms. The third kappa shape index (κ3) is 6.88. The number of nitrogens with one attached hydrogen (secondary N) is 1. The van der Waals surface area contributed by atoms with Crippen LogP contribution in [0.25, 0.3) is 0 Å². The van der Waals surface area contributed by atoms with Crippen molar-refractivity contribution in [3.8, 4) is 5.75 Å². The van der Waals surface area contributed by atoms with Crippen molar-refractivity contribution in [2.75, 3.05) is 16.2 Å². The summed E-state index contributed by atoms with van der Waals surface area (Å²) in [5.41, 5.74) is -1.53. The molecule has 0 aliphatic carbocycles. The minimum Gasteiger partial charge on any atom is -0.406 e. The van der Waals surface area contributed by atoms with Crippen molar-refractivity contribution in [2.45, 2.75) is 17.4 Å². The van der Waals surface area contributed by atoms with Gasteiger partial charge in [-0.3, -0.25) is 9.10 Å². The lowest BCUT2D eigenvalue weighted by atomic mass is 10.2. The first-order chi connectivity index (χ1) is 16.3. The second kappa shape index (κ2) is 9.86. The number of alkyl halides is 6. The summed E-state index contributed by atoms with van der Waals surface area (Å²) in [5, 5.41) is 2.30. The van der Waals surface area contributed by atoms with E-state index in [1.54, 1.807) is 0 Å². The molecule has 0 aliphatic heterocycles. The second-order valence-electron chi connectivity index (χ2n) is 6.99. The number of benzene rings is 3. The highest BCUT2D eigenvalue weighted by atomic mass is 32.2. The van der Waals surface area contributed by atoms with E-state index in [-0.39, 0.29) is 10.6 Å². The molecule has 1 amide bonds. The molecule has 0 spiro atoms. The van der Waals surface area contributed by atoms with Crippen LogP contribution in [0, 0.1) is 0 Å². The fourth-order valence-electron chi connectivity index (χ4n) is 2.94. The zero-order chi connectivity index (χ0) is 25.9. The monoisotopic (exact) mass is 518 g/mol. The molecule has 0 aliphatic rings. The van der Waals surface area contributed by atoms with Gasteiger partial charge in [0.15, 0.2) is 0 Å². The summed E-state index contributed by atoms with van der Waals surface area (Å²) in [6.07, 6.45) is -9.68. The van der Waals surface area contributed by atoms with Crippen LogP contribution in [0.2, 0.25) is 0 Å². The van der Waals surface area contributed by atoms with E-state index < -0.39 is 52.0 Å². The average Bonchev–Trinajstić information content (AvgIpc) is 2.78. The maximum atomic E-state index is 13.2. The maximum absolute atomic E-state index is 13.2. The zero-order valence-corrected chi connectivity index (χ0v) is 18.3. The number of hydrogen-bond acceptors (Lipinski definition) is 4. The normalized spacial score (nSPS) is 12.2. The molecule has 0 bridgehead atoms. The number of hydrogen-bond donors (Lipinski definition) is 1. The predicted molar refractivity (Wildman–Crippen MR) is 114 cm³/mol. The Morgan fingerprint density at radius 3 is 2.06 bits per heavy atom. The minimum absolute atomic E-state index is 0.00521. The van der Waals surface area contributed by atoms with Crippen molar-refractivity contribution >= 4 is 27.3 Å². The van der Waals surface area contributed by atoms with Gasteiger partial charge in [-0.1, -0.05) is 24.3 Å².